The molecule has 2 rings (SSSR count). The fourth-order valence-electron chi connectivity index (χ4n) is 6.66. The molecule has 1 saturated heterocycles. The molecular formula is C43H78N2O7. The normalized spacial score (nSPS) is 15.7. The van der Waals surface area contributed by atoms with E-state index in [0.29, 0.717) is 74.5 Å². The lowest BCUT2D eigenvalue weighted by Gasteiger charge is -2.34. The summed E-state index contributed by atoms with van der Waals surface area (Å²) in [5.41, 5.74) is 0.867. The Kier molecular flexibility index (Phi) is 26.0. The van der Waals surface area contributed by atoms with Gasteiger partial charge in [-0.25, -0.2) is 0 Å². The summed E-state index contributed by atoms with van der Waals surface area (Å²) < 4.78 is 31.2. The molecule has 0 saturated carbocycles. The molecule has 1 aliphatic rings. The maximum Gasteiger partial charge on any atom is 0.306 e. The van der Waals surface area contributed by atoms with Gasteiger partial charge in [0.1, 0.15) is 6.61 Å². The molecule has 1 aromatic carbocycles. The van der Waals surface area contributed by atoms with Crippen molar-refractivity contribution in [3.63, 3.8) is 0 Å². The van der Waals surface area contributed by atoms with Crippen LogP contribution >= 0.6 is 0 Å². The molecule has 0 spiro atoms. The molecule has 3 atom stereocenters. The van der Waals surface area contributed by atoms with Crippen molar-refractivity contribution in [2.24, 2.45) is 17.8 Å². The Hall–Kier alpha value is -2.07. The van der Waals surface area contributed by atoms with E-state index in [1.807, 2.05) is 12.1 Å². The van der Waals surface area contributed by atoms with Crippen molar-refractivity contribution in [2.45, 2.75) is 138 Å². The number of unbranched alkanes of at least 4 members (excludes halogenated alkanes) is 3. The molecular weight excluding hydrogens is 656 g/mol. The number of ether oxygens (including phenoxy) is 5. The van der Waals surface area contributed by atoms with Gasteiger partial charge in [-0.05, 0) is 67.7 Å². The van der Waals surface area contributed by atoms with E-state index in [2.05, 4.69) is 51.3 Å². The van der Waals surface area contributed by atoms with Gasteiger partial charge < -0.3 is 33.7 Å². The van der Waals surface area contributed by atoms with Crippen LogP contribution in [-0.2, 0) is 20.9 Å². The topological polar surface area (TPSA) is 89.9 Å². The van der Waals surface area contributed by atoms with Gasteiger partial charge in [0, 0.05) is 39.1 Å². The first-order chi connectivity index (χ1) is 25.4. The number of nitrogens with zero attached hydrogens (tertiary/aromatic N) is 2. The summed E-state index contributed by atoms with van der Waals surface area (Å²) >= 11 is 0. The van der Waals surface area contributed by atoms with Crippen molar-refractivity contribution in [2.75, 3.05) is 78.9 Å². The van der Waals surface area contributed by atoms with Gasteiger partial charge in [0.15, 0.2) is 11.5 Å². The number of aliphatic hydroxyl groups excluding tert-OH is 1. The summed E-state index contributed by atoms with van der Waals surface area (Å²) in [6.07, 6.45) is 14.9. The fraction of sp³-hybridized carbons (Fsp3) is 0.837. The van der Waals surface area contributed by atoms with Crippen molar-refractivity contribution in [1.82, 2.24) is 9.80 Å². The SMILES string of the molecule is CCCCC(CC)COc1cc(COC(=O)CCCN2CCN(CCOCCO)CC2)cc(OCC(CC)CCCC)c1OCC(CC)CCCC. The van der Waals surface area contributed by atoms with E-state index < -0.39 is 0 Å². The second kappa shape index (κ2) is 29.3. The first-order valence-electron chi connectivity index (χ1n) is 21.2. The Morgan fingerprint density at radius 1 is 0.673 bits per heavy atom. The smallest absolute Gasteiger partial charge is 0.306 e. The highest BCUT2D eigenvalue weighted by Gasteiger charge is 2.22. The third-order valence-corrected chi connectivity index (χ3v) is 10.6. The van der Waals surface area contributed by atoms with Crippen LogP contribution in [0.2, 0.25) is 0 Å². The number of piperazine rings is 1. The second-order valence-electron chi connectivity index (χ2n) is 14.9. The molecule has 52 heavy (non-hydrogen) atoms. The van der Waals surface area contributed by atoms with Crippen molar-refractivity contribution >= 4 is 5.97 Å². The number of carbonyl (C=O) groups excluding carboxylic acids is 1. The van der Waals surface area contributed by atoms with Gasteiger partial charge >= 0.3 is 5.97 Å². The van der Waals surface area contributed by atoms with Crippen molar-refractivity contribution in [3.8, 4) is 17.2 Å². The monoisotopic (exact) mass is 735 g/mol. The molecule has 0 radical (unpaired) electrons. The van der Waals surface area contributed by atoms with E-state index in [1.165, 1.54) is 38.5 Å². The standard InChI is InChI=1S/C43H78N2O7/c1-7-13-17-36(10-4)32-49-40-30-39(35-51-42(47)20-16-21-44-22-24-45(25-23-44)26-28-48-29-27-46)31-41(50-33-37(11-5)18-14-8-2)43(40)52-34-38(12-6)19-15-9-3/h30-31,36-38,46H,7-29,32-35H2,1-6H3. The van der Waals surface area contributed by atoms with Crippen LogP contribution in [0.1, 0.15) is 137 Å². The predicted molar refractivity (Wildman–Crippen MR) is 213 cm³/mol. The average molecular weight is 735 g/mol. The molecule has 9 heteroatoms. The Balaban J connectivity index is 2.14. The molecule has 1 aromatic rings. The summed E-state index contributed by atoms with van der Waals surface area (Å²) in [5, 5.41) is 8.88. The summed E-state index contributed by atoms with van der Waals surface area (Å²) in [6, 6.07) is 4.02. The molecule has 0 bridgehead atoms. The predicted octanol–water partition coefficient (Wildman–Crippen LogP) is 8.92. The Morgan fingerprint density at radius 2 is 1.15 bits per heavy atom. The summed E-state index contributed by atoms with van der Waals surface area (Å²) in [6.45, 7) is 22.4. The highest BCUT2D eigenvalue weighted by molar-refractivity contribution is 5.69. The molecule has 0 aromatic heterocycles. The highest BCUT2D eigenvalue weighted by atomic mass is 16.5. The lowest BCUT2D eigenvalue weighted by atomic mass is 10.00. The first kappa shape index (κ1) is 46.1. The fourth-order valence-corrected chi connectivity index (χ4v) is 6.66. The third-order valence-electron chi connectivity index (χ3n) is 10.6. The number of aliphatic hydroxyl groups is 1. The van der Waals surface area contributed by atoms with Gasteiger partial charge in [0.25, 0.3) is 0 Å². The zero-order valence-corrected chi connectivity index (χ0v) is 34.3. The number of benzene rings is 1. The maximum absolute atomic E-state index is 13.0. The van der Waals surface area contributed by atoms with Crippen LogP contribution in [0.25, 0.3) is 0 Å². The van der Waals surface area contributed by atoms with Gasteiger partial charge in [-0.3, -0.25) is 9.69 Å². The summed E-state index contributed by atoms with van der Waals surface area (Å²) in [7, 11) is 0. The lowest BCUT2D eigenvalue weighted by Crippen LogP contribution is -2.47. The van der Waals surface area contributed by atoms with Crippen LogP contribution in [-0.4, -0.2) is 99.8 Å². The molecule has 1 fully saturated rings. The van der Waals surface area contributed by atoms with Crippen LogP contribution in [0, 0.1) is 17.8 Å². The Labute approximate surface area is 318 Å². The van der Waals surface area contributed by atoms with E-state index in [0.717, 1.165) is 89.8 Å². The zero-order valence-electron chi connectivity index (χ0n) is 34.3. The van der Waals surface area contributed by atoms with Crippen molar-refractivity contribution in [3.05, 3.63) is 17.7 Å². The van der Waals surface area contributed by atoms with E-state index in [-0.39, 0.29) is 19.2 Å². The minimum Gasteiger partial charge on any atom is -0.489 e. The van der Waals surface area contributed by atoms with Crippen LogP contribution in [0.5, 0.6) is 17.2 Å². The number of hydrogen-bond acceptors (Lipinski definition) is 9. The maximum atomic E-state index is 13.0. The van der Waals surface area contributed by atoms with Gasteiger partial charge in [-0.2, -0.15) is 0 Å². The molecule has 1 heterocycles. The van der Waals surface area contributed by atoms with E-state index in [4.69, 9.17) is 28.8 Å². The number of esters is 1. The molecule has 302 valence electrons. The van der Waals surface area contributed by atoms with E-state index in [9.17, 15) is 4.79 Å². The minimum atomic E-state index is -0.178. The van der Waals surface area contributed by atoms with Crippen molar-refractivity contribution in [1.29, 1.82) is 0 Å². The van der Waals surface area contributed by atoms with Crippen LogP contribution < -0.4 is 14.2 Å². The molecule has 1 aliphatic heterocycles. The second-order valence-corrected chi connectivity index (χ2v) is 14.9. The highest BCUT2D eigenvalue weighted by Crippen LogP contribution is 2.41. The largest absolute Gasteiger partial charge is 0.489 e. The third kappa shape index (κ3) is 19.3. The Bertz CT molecular complexity index is 992. The quantitative estimate of drug-likeness (QED) is 0.0576. The van der Waals surface area contributed by atoms with Gasteiger partial charge in [-0.1, -0.05) is 99.3 Å². The minimum absolute atomic E-state index is 0.0678. The molecule has 1 N–H and O–H groups in total. The molecule has 0 aliphatic carbocycles. The van der Waals surface area contributed by atoms with Crippen molar-refractivity contribution < 1.29 is 33.6 Å². The number of carbonyl (C=O) groups is 1. The van der Waals surface area contributed by atoms with Crippen LogP contribution in [0.3, 0.4) is 0 Å². The number of hydrogen-bond donors (Lipinski definition) is 1. The first-order valence-corrected chi connectivity index (χ1v) is 21.2. The van der Waals surface area contributed by atoms with Crippen LogP contribution in [0.15, 0.2) is 12.1 Å². The van der Waals surface area contributed by atoms with Crippen LogP contribution in [0.4, 0.5) is 0 Å². The average Bonchev–Trinajstić information content (AvgIpc) is 3.17. The van der Waals surface area contributed by atoms with Gasteiger partial charge in [-0.15, -0.1) is 0 Å². The lowest BCUT2D eigenvalue weighted by molar-refractivity contribution is -0.145. The summed E-state index contributed by atoms with van der Waals surface area (Å²) in [5.74, 6) is 3.33. The molecule has 3 unspecified atom stereocenters. The van der Waals surface area contributed by atoms with Gasteiger partial charge in [0.2, 0.25) is 5.75 Å². The zero-order chi connectivity index (χ0) is 37.8. The van der Waals surface area contributed by atoms with E-state index >= 15 is 0 Å². The molecule has 9 nitrogen and oxygen atoms in total. The van der Waals surface area contributed by atoms with E-state index in [1.54, 1.807) is 0 Å². The number of rotatable bonds is 32. The van der Waals surface area contributed by atoms with Gasteiger partial charge in [0.05, 0.1) is 39.6 Å². The Morgan fingerprint density at radius 3 is 1.62 bits per heavy atom. The molecule has 0 amide bonds. The summed E-state index contributed by atoms with van der Waals surface area (Å²) in [4.78, 5) is 17.8.